The molecule has 1 amide bonds. The molecule has 0 aliphatic heterocycles. The van der Waals surface area contributed by atoms with E-state index in [9.17, 15) is 9.59 Å². The Labute approximate surface area is 197 Å². The number of fused-ring (bicyclic) bond motifs is 1. The molecule has 0 aliphatic carbocycles. The van der Waals surface area contributed by atoms with E-state index in [1.807, 2.05) is 58.7 Å². The molecule has 0 radical (unpaired) electrons. The van der Waals surface area contributed by atoms with Crippen LogP contribution in [0.15, 0.2) is 71.1 Å². The number of amides is 1. The van der Waals surface area contributed by atoms with Gasteiger partial charge in [0.1, 0.15) is 17.4 Å². The van der Waals surface area contributed by atoms with Crippen molar-refractivity contribution in [1.29, 1.82) is 0 Å². The number of carbonyl (C=O) groups is 1. The van der Waals surface area contributed by atoms with Gasteiger partial charge < -0.3 is 9.88 Å². The number of hydrogen-bond acceptors (Lipinski definition) is 5. The van der Waals surface area contributed by atoms with Crippen molar-refractivity contribution in [1.82, 2.24) is 29.4 Å². The van der Waals surface area contributed by atoms with Crippen LogP contribution < -0.4 is 10.9 Å². The minimum absolute atomic E-state index is 0.182. The predicted octanol–water partition coefficient (Wildman–Crippen LogP) is 3.71. The number of halogens is 1. The van der Waals surface area contributed by atoms with Gasteiger partial charge in [-0.15, -0.1) is 11.3 Å². The molecule has 10 heteroatoms. The summed E-state index contributed by atoms with van der Waals surface area (Å²) in [6, 6.07) is 14.8. The van der Waals surface area contributed by atoms with Gasteiger partial charge in [-0.05, 0) is 54.8 Å². The van der Waals surface area contributed by atoms with Crippen molar-refractivity contribution in [2.24, 2.45) is 0 Å². The van der Waals surface area contributed by atoms with Gasteiger partial charge in [0.05, 0.1) is 17.9 Å². The van der Waals surface area contributed by atoms with Crippen LogP contribution >= 0.6 is 22.9 Å². The molecular weight excluding hydrogens is 460 g/mol. The Morgan fingerprint density at radius 1 is 1.09 bits per heavy atom. The summed E-state index contributed by atoms with van der Waals surface area (Å²) < 4.78 is 4.71. The first-order chi connectivity index (χ1) is 16.0. The van der Waals surface area contributed by atoms with Crippen molar-refractivity contribution in [2.45, 2.75) is 20.0 Å². The monoisotopic (exact) mass is 478 g/mol. The lowest BCUT2D eigenvalue weighted by atomic mass is 10.2. The average molecular weight is 479 g/mol. The molecule has 0 saturated carbocycles. The van der Waals surface area contributed by atoms with Crippen LogP contribution in [0.5, 0.6) is 0 Å². The molecule has 1 aromatic carbocycles. The maximum absolute atomic E-state index is 13.5. The van der Waals surface area contributed by atoms with Gasteiger partial charge in [-0.2, -0.15) is 10.2 Å². The summed E-state index contributed by atoms with van der Waals surface area (Å²) in [5.41, 5.74) is 1.40. The largest absolute Gasteiger partial charge is 0.350 e. The van der Waals surface area contributed by atoms with E-state index in [0.29, 0.717) is 34.0 Å². The van der Waals surface area contributed by atoms with E-state index < -0.39 is 0 Å². The van der Waals surface area contributed by atoms with Crippen LogP contribution in [0.2, 0.25) is 5.02 Å². The maximum atomic E-state index is 13.5. The molecule has 0 bridgehead atoms. The first kappa shape index (κ1) is 21.2. The van der Waals surface area contributed by atoms with Crippen LogP contribution in [-0.2, 0) is 17.9 Å². The van der Waals surface area contributed by atoms with Crippen molar-refractivity contribution in [3.8, 4) is 11.5 Å². The van der Waals surface area contributed by atoms with Gasteiger partial charge >= 0.3 is 0 Å². The predicted molar refractivity (Wildman–Crippen MR) is 128 cm³/mol. The second-order valence-corrected chi connectivity index (χ2v) is 8.90. The van der Waals surface area contributed by atoms with E-state index >= 15 is 0 Å². The molecule has 8 nitrogen and oxygen atoms in total. The normalized spacial score (nSPS) is 11.2. The summed E-state index contributed by atoms with van der Waals surface area (Å²) in [5, 5.41) is 14.8. The minimum Gasteiger partial charge on any atom is -0.350 e. The Kier molecular flexibility index (Phi) is 5.57. The number of hydrogen-bond donors (Lipinski definition) is 1. The lowest BCUT2D eigenvalue weighted by Gasteiger charge is -2.10. The van der Waals surface area contributed by atoms with E-state index in [-0.39, 0.29) is 18.0 Å². The lowest BCUT2D eigenvalue weighted by molar-refractivity contribution is -0.122. The number of rotatable bonds is 6. The summed E-state index contributed by atoms with van der Waals surface area (Å²) in [7, 11) is 0. The molecule has 4 heterocycles. The van der Waals surface area contributed by atoms with Crippen molar-refractivity contribution in [3.63, 3.8) is 0 Å². The van der Waals surface area contributed by atoms with Crippen molar-refractivity contribution >= 4 is 39.7 Å². The molecule has 0 spiro atoms. The number of carbonyl (C=O) groups excluding carboxylic acids is 1. The van der Waals surface area contributed by atoms with Crippen LogP contribution in [0.25, 0.3) is 22.4 Å². The van der Waals surface area contributed by atoms with Gasteiger partial charge in [-0.25, -0.2) is 9.36 Å². The van der Waals surface area contributed by atoms with Gasteiger partial charge in [0.2, 0.25) is 5.91 Å². The van der Waals surface area contributed by atoms with Crippen LogP contribution in [0.1, 0.15) is 10.6 Å². The zero-order chi connectivity index (χ0) is 22.9. The Bertz CT molecular complexity index is 1490. The fourth-order valence-electron chi connectivity index (χ4n) is 3.64. The first-order valence-electron chi connectivity index (χ1n) is 10.2. The number of nitrogens with one attached hydrogen (secondary N) is 1. The van der Waals surface area contributed by atoms with Crippen LogP contribution in [0.4, 0.5) is 0 Å². The summed E-state index contributed by atoms with van der Waals surface area (Å²) in [6.45, 7) is 2.01. The zero-order valence-corrected chi connectivity index (χ0v) is 19.2. The molecule has 0 fully saturated rings. The first-order valence-corrected chi connectivity index (χ1v) is 11.5. The van der Waals surface area contributed by atoms with Crippen molar-refractivity contribution in [2.75, 3.05) is 0 Å². The second kappa shape index (κ2) is 8.68. The fraction of sp³-hybridized carbons (Fsp3) is 0.130. The molecule has 4 aromatic heterocycles. The Balaban J connectivity index is 1.60. The lowest BCUT2D eigenvalue weighted by Crippen LogP contribution is -2.33. The SMILES string of the molecule is Cc1nn(CC(=O)NCc2cccs2)c(=O)c2c(-n3cccc3)n(-c3ccc(Cl)cc3)nc12. The number of aromatic nitrogens is 5. The minimum atomic E-state index is -0.384. The highest BCUT2D eigenvalue weighted by Crippen LogP contribution is 2.25. The highest BCUT2D eigenvalue weighted by Gasteiger charge is 2.22. The number of thiophene rings is 1. The van der Waals surface area contributed by atoms with E-state index in [4.69, 9.17) is 16.7 Å². The molecule has 5 aromatic rings. The Morgan fingerprint density at radius 2 is 1.85 bits per heavy atom. The third-order valence-electron chi connectivity index (χ3n) is 5.18. The number of nitrogens with zero attached hydrogens (tertiary/aromatic N) is 5. The van der Waals surface area contributed by atoms with E-state index in [2.05, 4.69) is 10.4 Å². The average Bonchev–Trinajstić information content (AvgIpc) is 3.57. The van der Waals surface area contributed by atoms with Crippen molar-refractivity contribution < 1.29 is 4.79 Å². The standard InChI is InChI=1S/C23H19ClN6O2S/c1-15-21-20(23(32)29(26-15)14-19(31)25-13-18-5-4-12-33-18)22(28-10-2-3-11-28)30(27-21)17-8-6-16(24)7-9-17/h2-12H,13-14H2,1H3,(H,25,31). The number of aryl methyl sites for hydroxylation is 1. The van der Waals surface area contributed by atoms with Gasteiger partial charge in [0.25, 0.3) is 5.56 Å². The van der Waals surface area contributed by atoms with Gasteiger partial charge in [-0.3, -0.25) is 9.59 Å². The molecule has 1 N–H and O–H groups in total. The Morgan fingerprint density at radius 3 is 2.55 bits per heavy atom. The quantitative estimate of drug-likeness (QED) is 0.403. The third kappa shape index (κ3) is 4.08. The van der Waals surface area contributed by atoms with E-state index in [0.717, 1.165) is 10.6 Å². The van der Waals surface area contributed by atoms with Gasteiger partial charge in [-0.1, -0.05) is 17.7 Å². The highest BCUT2D eigenvalue weighted by atomic mass is 35.5. The molecule has 0 unspecified atom stereocenters. The molecule has 5 rings (SSSR count). The zero-order valence-electron chi connectivity index (χ0n) is 17.6. The molecular formula is C23H19ClN6O2S. The summed E-state index contributed by atoms with van der Waals surface area (Å²) in [4.78, 5) is 27.1. The molecule has 0 aliphatic rings. The highest BCUT2D eigenvalue weighted by molar-refractivity contribution is 7.09. The number of benzene rings is 1. The summed E-state index contributed by atoms with van der Waals surface area (Å²) >= 11 is 7.62. The summed E-state index contributed by atoms with van der Waals surface area (Å²) in [5.74, 6) is 0.282. The van der Waals surface area contributed by atoms with E-state index in [1.165, 1.54) is 4.68 Å². The topological polar surface area (TPSA) is 86.7 Å². The smallest absolute Gasteiger partial charge is 0.280 e. The van der Waals surface area contributed by atoms with Crippen molar-refractivity contribution in [3.05, 3.63) is 92.3 Å². The van der Waals surface area contributed by atoms with E-state index in [1.54, 1.807) is 35.1 Å². The summed E-state index contributed by atoms with van der Waals surface area (Å²) in [6.07, 6.45) is 3.69. The van der Waals surface area contributed by atoms with Gasteiger partial charge in [0.15, 0.2) is 5.82 Å². The Hall–Kier alpha value is -3.69. The molecule has 33 heavy (non-hydrogen) atoms. The van der Waals surface area contributed by atoms with Gasteiger partial charge in [0, 0.05) is 22.3 Å². The molecule has 0 atom stereocenters. The molecule has 166 valence electrons. The third-order valence-corrected chi connectivity index (χ3v) is 6.30. The maximum Gasteiger partial charge on any atom is 0.280 e. The molecule has 0 saturated heterocycles. The van der Waals surface area contributed by atoms with Crippen LogP contribution in [0, 0.1) is 6.92 Å². The fourth-order valence-corrected chi connectivity index (χ4v) is 4.41. The second-order valence-electron chi connectivity index (χ2n) is 7.43. The van der Waals surface area contributed by atoms with Crippen LogP contribution in [0.3, 0.4) is 0 Å². The van der Waals surface area contributed by atoms with Crippen LogP contribution in [-0.4, -0.2) is 30.0 Å².